The van der Waals surface area contributed by atoms with Crippen molar-refractivity contribution in [3.05, 3.63) is 65.2 Å². The minimum atomic E-state index is 0.525. The number of fused-ring (bicyclic) bond motifs is 1. The van der Waals surface area contributed by atoms with E-state index in [0.29, 0.717) is 12.0 Å². The van der Waals surface area contributed by atoms with E-state index in [1.54, 1.807) is 7.11 Å². The second-order valence-corrected chi connectivity index (χ2v) is 6.82. The molecular weight excluding hydrogens is 294 g/mol. The van der Waals surface area contributed by atoms with Gasteiger partial charge in [0.15, 0.2) is 0 Å². The molecule has 0 bridgehead atoms. The Kier molecular flexibility index (Phi) is 5.77. The maximum atomic E-state index is 5.21. The zero-order chi connectivity index (χ0) is 16.8. The Balaban J connectivity index is 1.46. The van der Waals surface area contributed by atoms with Crippen LogP contribution in [0.4, 0.5) is 0 Å². The first-order chi connectivity index (χ1) is 11.8. The number of hydrogen-bond donors (Lipinski definition) is 1. The third-order valence-corrected chi connectivity index (χ3v) is 5.07. The summed E-state index contributed by atoms with van der Waals surface area (Å²) in [6, 6.07) is 19.6. The zero-order valence-corrected chi connectivity index (χ0v) is 14.8. The number of nitrogens with one attached hydrogen (secondary N) is 1. The number of hydrogen-bond acceptors (Lipinski definition) is 2. The average Bonchev–Trinajstić information content (AvgIpc) is 2.65. The summed E-state index contributed by atoms with van der Waals surface area (Å²) in [5.41, 5.74) is 4.23. The third-order valence-electron chi connectivity index (χ3n) is 5.07. The Labute approximate surface area is 146 Å². The smallest absolute Gasteiger partial charge is 0.118 e. The Hall–Kier alpha value is -1.98. The molecule has 0 radical (unpaired) electrons. The largest absolute Gasteiger partial charge is 0.497 e. The third kappa shape index (κ3) is 4.30. The molecule has 0 aliphatic heterocycles. The highest BCUT2D eigenvalue weighted by molar-refractivity contribution is 5.29. The minimum absolute atomic E-state index is 0.525. The molecule has 2 nitrogen and oxygen atoms in total. The van der Waals surface area contributed by atoms with E-state index < -0.39 is 0 Å². The first-order valence-corrected chi connectivity index (χ1v) is 9.03. The van der Waals surface area contributed by atoms with Gasteiger partial charge in [0.1, 0.15) is 5.75 Å². The molecule has 0 fully saturated rings. The maximum absolute atomic E-state index is 5.21. The van der Waals surface area contributed by atoms with Crippen LogP contribution < -0.4 is 10.1 Å². The van der Waals surface area contributed by atoms with Crippen LogP contribution in [0.2, 0.25) is 0 Å². The summed E-state index contributed by atoms with van der Waals surface area (Å²) >= 11 is 0. The van der Waals surface area contributed by atoms with Crippen LogP contribution in [-0.4, -0.2) is 19.7 Å². The van der Waals surface area contributed by atoms with E-state index in [1.165, 1.54) is 29.5 Å². The molecule has 0 aromatic heterocycles. The van der Waals surface area contributed by atoms with E-state index in [4.69, 9.17) is 4.74 Å². The quantitative estimate of drug-likeness (QED) is 0.820. The topological polar surface area (TPSA) is 21.3 Å². The lowest BCUT2D eigenvalue weighted by molar-refractivity contribution is 0.414. The van der Waals surface area contributed by atoms with Crippen LogP contribution in [0.25, 0.3) is 0 Å². The van der Waals surface area contributed by atoms with E-state index in [2.05, 4.69) is 42.6 Å². The molecule has 0 saturated carbocycles. The van der Waals surface area contributed by atoms with Crippen molar-refractivity contribution in [2.75, 3.05) is 13.7 Å². The van der Waals surface area contributed by atoms with Gasteiger partial charge >= 0.3 is 0 Å². The van der Waals surface area contributed by atoms with Crippen LogP contribution in [-0.2, 0) is 12.8 Å². The fourth-order valence-corrected chi connectivity index (χ4v) is 3.54. The fraction of sp³-hybridized carbons (Fsp3) is 0.455. The molecule has 2 unspecified atom stereocenters. The average molecular weight is 321 g/mol. The van der Waals surface area contributed by atoms with E-state index in [1.807, 2.05) is 18.2 Å². The Morgan fingerprint density at radius 3 is 2.88 bits per heavy atom. The highest BCUT2D eigenvalue weighted by Crippen LogP contribution is 2.29. The van der Waals surface area contributed by atoms with Gasteiger partial charge in [0, 0.05) is 18.2 Å². The molecule has 1 aliphatic carbocycles. The molecule has 0 heterocycles. The first kappa shape index (κ1) is 16.9. The van der Waals surface area contributed by atoms with Crippen molar-refractivity contribution in [1.82, 2.24) is 5.32 Å². The van der Waals surface area contributed by atoms with Crippen molar-refractivity contribution >= 4 is 0 Å². The summed E-state index contributed by atoms with van der Waals surface area (Å²) in [4.78, 5) is 0. The van der Waals surface area contributed by atoms with Gasteiger partial charge in [-0.1, -0.05) is 24.3 Å². The highest BCUT2D eigenvalue weighted by atomic mass is 16.5. The van der Waals surface area contributed by atoms with Gasteiger partial charge in [-0.15, -0.1) is 0 Å². The Morgan fingerprint density at radius 2 is 2.08 bits per heavy atom. The van der Waals surface area contributed by atoms with E-state index in [0.717, 1.165) is 31.6 Å². The standard InChI is InChI=1S/C22H27NO/c1-17(10-11-18-12-14-21(24-2)15-13-18)23-16-20-8-5-7-19-6-3-4-9-22(19)20/h4,9,12-15,17,20,23H,5,7-8,10-11,16H2,1-2H3. The lowest BCUT2D eigenvalue weighted by Gasteiger charge is -2.26. The molecular formula is C22H27NO. The van der Waals surface area contributed by atoms with Gasteiger partial charge in [0.25, 0.3) is 0 Å². The van der Waals surface area contributed by atoms with Crippen molar-refractivity contribution < 1.29 is 4.74 Å². The van der Waals surface area contributed by atoms with Gasteiger partial charge in [-0.3, -0.25) is 0 Å². The highest BCUT2D eigenvalue weighted by Gasteiger charge is 2.20. The predicted octanol–water partition coefficient (Wildman–Crippen LogP) is 4.33. The normalized spacial score (nSPS) is 17.7. The molecule has 0 amide bonds. The predicted molar refractivity (Wildman–Crippen MR) is 98.6 cm³/mol. The molecule has 2 aromatic carbocycles. The number of aryl methyl sites for hydroxylation is 1. The van der Waals surface area contributed by atoms with Crippen LogP contribution in [0, 0.1) is 12.1 Å². The lowest BCUT2D eigenvalue weighted by atomic mass is 9.83. The summed E-state index contributed by atoms with van der Waals surface area (Å²) in [6.45, 7) is 3.35. The Morgan fingerprint density at radius 1 is 1.25 bits per heavy atom. The van der Waals surface area contributed by atoms with Crippen molar-refractivity contribution in [2.24, 2.45) is 0 Å². The second-order valence-electron chi connectivity index (χ2n) is 6.82. The fourth-order valence-electron chi connectivity index (χ4n) is 3.54. The molecule has 1 N–H and O–H groups in total. The number of methoxy groups -OCH3 is 1. The number of ether oxygens (including phenoxy) is 1. The van der Waals surface area contributed by atoms with Crippen LogP contribution >= 0.6 is 0 Å². The number of rotatable bonds is 7. The van der Waals surface area contributed by atoms with Crippen molar-refractivity contribution in [3.8, 4) is 5.75 Å². The molecule has 1 aliphatic rings. The van der Waals surface area contributed by atoms with Crippen LogP contribution in [0.15, 0.2) is 36.4 Å². The molecule has 2 aromatic rings. The van der Waals surface area contributed by atoms with Gasteiger partial charge in [-0.25, -0.2) is 0 Å². The second kappa shape index (κ2) is 8.22. The number of benzene rings is 1. The van der Waals surface area contributed by atoms with Crippen molar-refractivity contribution in [1.29, 1.82) is 0 Å². The van der Waals surface area contributed by atoms with Crippen LogP contribution in [0.3, 0.4) is 0 Å². The molecule has 126 valence electrons. The Bertz CT molecular complexity index is 635. The van der Waals surface area contributed by atoms with Gasteiger partial charge in [0.05, 0.1) is 7.11 Å². The minimum Gasteiger partial charge on any atom is -0.497 e. The van der Waals surface area contributed by atoms with E-state index in [-0.39, 0.29) is 0 Å². The monoisotopic (exact) mass is 321 g/mol. The lowest BCUT2D eigenvalue weighted by Crippen LogP contribution is -2.32. The van der Waals surface area contributed by atoms with Gasteiger partial charge < -0.3 is 10.1 Å². The molecule has 2 heteroatoms. The maximum Gasteiger partial charge on any atom is 0.118 e. The summed E-state index contributed by atoms with van der Waals surface area (Å²) in [7, 11) is 1.71. The summed E-state index contributed by atoms with van der Waals surface area (Å²) in [5.74, 6) is 1.55. The van der Waals surface area contributed by atoms with E-state index >= 15 is 0 Å². The molecule has 2 atom stereocenters. The first-order valence-electron chi connectivity index (χ1n) is 9.03. The van der Waals surface area contributed by atoms with Gasteiger partial charge in [0.2, 0.25) is 0 Å². The van der Waals surface area contributed by atoms with E-state index in [9.17, 15) is 0 Å². The molecule has 0 saturated heterocycles. The zero-order valence-electron chi connectivity index (χ0n) is 14.8. The summed E-state index contributed by atoms with van der Waals surface area (Å²) in [5, 5.41) is 3.74. The SMILES string of the molecule is COc1ccc(CCC(C)NCC2CCCc3c#cccc32)cc1. The van der Waals surface area contributed by atoms with Crippen LogP contribution in [0.5, 0.6) is 5.75 Å². The van der Waals surface area contributed by atoms with Crippen molar-refractivity contribution in [3.63, 3.8) is 0 Å². The van der Waals surface area contributed by atoms with Crippen molar-refractivity contribution in [2.45, 2.75) is 51.0 Å². The van der Waals surface area contributed by atoms with Crippen LogP contribution in [0.1, 0.15) is 48.8 Å². The van der Waals surface area contributed by atoms with Gasteiger partial charge in [-0.2, -0.15) is 0 Å². The summed E-state index contributed by atoms with van der Waals surface area (Å²) < 4.78 is 5.21. The molecule has 3 rings (SSSR count). The molecule has 24 heavy (non-hydrogen) atoms. The molecule has 0 spiro atoms. The van der Waals surface area contributed by atoms with Gasteiger partial charge in [-0.05, 0) is 80.3 Å². The summed E-state index contributed by atoms with van der Waals surface area (Å²) in [6.07, 6.45) is 5.97.